The lowest BCUT2D eigenvalue weighted by molar-refractivity contribution is 0.643. The van der Waals surface area contributed by atoms with E-state index < -0.39 is 0 Å². The van der Waals surface area contributed by atoms with Gasteiger partial charge in [0.05, 0.1) is 66.4 Å². The molecular weight excluding hydrogens is 741 g/mol. The average molecular weight is 771 g/mol. The number of hydrogen-bond donors (Lipinski definition) is 1. The van der Waals surface area contributed by atoms with Crippen molar-refractivity contribution in [1.29, 1.82) is 0 Å². The molecular formula is C51H30N8O. The number of imidazole rings is 5. The number of hydrogen-bond acceptors (Lipinski definition) is 4. The van der Waals surface area contributed by atoms with Crippen LogP contribution in [0.5, 0.6) is 0 Å². The van der Waals surface area contributed by atoms with E-state index in [1.54, 1.807) is 0 Å². The fourth-order valence-corrected chi connectivity index (χ4v) is 9.33. The fraction of sp³-hybridized carbons (Fsp3) is 0. The Morgan fingerprint density at radius 3 is 1.72 bits per heavy atom. The molecule has 60 heavy (non-hydrogen) atoms. The van der Waals surface area contributed by atoms with Gasteiger partial charge < -0.3 is 9.40 Å². The lowest BCUT2D eigenvalue weighted by Crippen LogP contribution is -1.95. The second-order valence-electron chi connectivity index (χ2n) is 15.5. The minimum Gasteiger partial charge on any atom is -0.423 e. The lowest BCUT2D eigenvalue weighted by atomic mass is 9.98. The molecule has 0 saturated carbocycles. The maximum absolute atomic E-state index is 6.11. The number of aromatic nitrogens is 8. The summed E-state index contributed by atoms with van der Waals surface area (Å²) in [6.07, 6.45) is 0. The van der Waals surface area contributed by atoms with Crippen LogP contribution in [0.3, 0.4) is 0 Å². The molecule has 0 fully saturated rings. The minimum atomic E-state index is 0.585. The number of benzene rings is 8. The topological polar surface area (TPSA) is 85.8 Å². The second kappa shape index (κ2) is 11.6. The number of rotatable bonds is 4. The molecule has 0 amide bonds. The molecule has 9 nitrogen and oxygen atoms in total. The number of H-pyrrole nitrogens is 1. The highest BCUT2D eigenvalue weighted by Gasteiger charge is 2.20. The Balaban J connectivity index is 0.832. The van der Waals surface area contributed by atoms with Crippen molar-refractivity contribution in [3.05, 3.63) is 176 Å². The second-order valence-corrected chi connectivity index (χ2v) is 15.5. The summed E-state index contributed by atoms with van der Waals surface area (Å²) in [5.41, 5.74) is 20.1. The molecule has 0 saturated heterocycles. The van der Waals surface area contributed by atoms with Crippen LogP contribution in [0.2, 0.25) is 0 Å². The highest BCUT2D eigenvalue weighted by Crippen LogP contribution is 2.36. The molecule has 0 bridgehead atoms. The van der Waals surface area contributed by atoms with Gasteiger partial charge >= 0.3 is 5.84 Å². The Kier molecular flexibility index (Phi) is 6.11. The maximum Gasteiger partial charge on any atom is 0.307 e. The first-order valence-corrected chi connectivity index (χ1v) is 20.0. The van der Waals surface area contributed by atoms with Gasteiger partial charge in [0.2, 0.25) is 11.6 Å². The van der Waals surface area contributed by atoms with E-state index >= 15 is 0 Å². The van der Waals surface area contributed by atoms with Gasteiger partial charge in [-0.2, -0.15) is 4.98 Å². The van der Waals surface area contributed by atoms with Crippen LogP contribution in [0, 0.1) is 0 Å². The number of aromatic amines is 1. The summed E-state index contributed by atoms with van der Waals surface area (Å²) in [4.78, 5) is 18.3. The smallest absolute Gasteiger partial charge is 0.307 e. The normalized spacial score (nSPS) is 12.3. The zero-order valence-corrected chi connectivity index (χ0v) is 31.8. The molecule has 0 atom stereocenters. The van der Waals surface area contributed by atoms with Crippen LogP contribution in [0.1, 0.15) is 0 Å². The van der Waals surface area contributed by atoms with E-state index in [0.29, 0.717) is 5.84 Å². The molecule has 6 heterocycles. The zero-order valence-electron chi connectivity index (χ0n) is 31.8. The maximum atomic E-state index is 6.11. The van der Waals surface area contributed by atoms with Gasteiger partial charge in [-0.3, -0.25) is 17.8 Å². The van der Waals surface area contributed by atoms with Crippen molar-refractivity contribution < 1.29 is 4.42 Å². The number of nitrogens with one attached hydrogen (secondary N) is 1. The van der Waals surface area contributed by atoms with E-state index in [9.17, 15) is 0 Å². The van der Waals surface area contributed by atoms with Crippen molar-refractivity contribution in [3.8, 4) is 39.1 Å². The van der Waals surface area contributed by atoms with E-state index in [0.717, 1.165) is 94.6 Å². The summed E-state index contributed by atoms with van der Waals surface area (Å²) in [6.45, 7) is 0. The van der Waals surface area contributed by atoms with Gasteiger partial charge in [-0.25, -0.2) is 9.97 Å². The Morgan fingerprint density at radius 2 is 0.967 bits per heavy atom. The number of nitrogens with zero attached hydrogens (tertiary/aromatic N) is 7. The number of oxazole rings is 1. The van der Waals surface area contributed by atoms with Crippen LogP contribution >= 0.6 is 0 Å². The van der Waals surface area contributed by atoms with Gasteiger partial charge in [-0.15, -0.1) is 0 Å². The Labute approximate surface area is 339 Å². The molecule has 0 aliphatic heterocycles. The Bertz CT molecular complexity index is 4060. The molecule has 0 aliphatic carbocycles. The predicted octanol–water partition coefficient (Wildman–Crippen LogP) is 12.3. The van der Waals surface area contributed by atoms with Gasteiger partial charge in [0.15, 0.2) is 5.58 Å². The van der Waals surface area contributed by atoms with Gasteiger partial charge in [0, 0.05) is 0 Å². The third kappa shape index (κ3) is 4.37. The third-order valence-corrected chi connectivity index (χ3v) is 12.2. The van der Waals surface area contributed by atoms with Crippen LogP contribution in [-0.4, -0.2) is 37.7 Å². The van der Waals surface area contributed by atoms with Crippen LogP contribution in [0.15, 0.2) is 180 Å². The van der Waals surface area contributed by atoms with E-state index in [2.05, 4.69) is 168 Å². The quantitative estimate of drug-likeness (QED) is 0.193. The molecule has 0 spiro atoms. The van der Waals surface area contributed by atoms with Crippen LogP contribution in [0.25, 0.3) is 123 Å². The first-order valence-electron chi connectivity index (χ1n) is 20.0. The summed E-state index contributed by atoms with van der Waals surface area (Å²) in [6, 6.07) is 62.1. The van der Waals surface area contributed by atoms with Crippen molar-refractivity contribution in [3.63, 3.8) is 0 Å². The van der Waals surface area contributed by atoms with E-state index in [1.807, 2.05) is 30.3 Å². The molecule has 9 heteroatoms. The third-order valence-electron chi connectivity index (χ3n) is 12.2. The highest BCUT2D eigenvalue weighted by atomic mass is 16.4. The van der Waals surface area contributed by atoms with Crippen molar-refractivity contribution in [2.45, 2.75) is 0 Å². The molecule has 1 N–H and O–H groups in total. The molecule has 0 radical (unpaired) electrons. The minimum absolute atomic E-state index is 0.585. The summed E-state index contributed by atoms with van der Waals surface area (Å²) in [7, 11) is 0. The van der Waals surface area contributed by atoms with Crippen LogP contribution in [0.4, 0.5) is 0 Å². The molecule has 0 aliphatic rings. The monoisotopic (exact) mass is 770 g/mol. The summed E-state index contributed by atoms with van der Waals surface area (Å²) < 4.78 is 14.9. The highest BCUT2D eigenvalue weighted by molar-refractivity contribution is 5.96. The summed E-state index contributed by atoms with van der Waals surface area (Å²) in [5, 5.41) is 0. The van der Waals surface area contributed by atoms with E-state index in [1.165, 1.54) is 22.3 Å². The standard InChI is InChI=1S/C51H30N8O/c1-3-9-41-37(7-1)52-49-53-39-24-21-34(27-45(39)57(41)49)32-17-13-30(14-18-32)31-15-19-33(20-16-31)35-22-26-43-47(28-35)58-42-10-4-2-8-38(42)54-50(58)56(43)36-23-25-40-46(29-36)59-44-11-5-6-12-48(44)60-51(59)55-40/h1-29H,(H,52,53). The molecule has 8 aromatic carbocycles. The Hall–Kier alpha value is -8.43. The van der Waals surface area contributed by atoms with Gasteiger partial charge in [0.1, 0.15) is 0 Å². The summed E-state index contributed by atoms with van der Waals surface area (Å²) in [5.74, 6) is 2.30. The molecule has 280 valence electrons. The summed E-state index contributed by atoms with van der Waals surface area (Å²) >= 11 is 0. The molecule has 0 unspecified atom stereocenters. The van der Waals surface area contributed by atoms with Crippen molar-refractivity contribution in [1.82, 2.24) is 37.7 Å². The largest absolute Gasteiger partial charge is 0.423 e. The van der Waals surface area contributed by atoms with E-state index in [4.69, 9.17) is 19.4 Å². The Morgan fingerprint density at radius 1 is 0.383 bits per heavy atom. The van der Waals surface area contributed by atoms with Crippen LogP contribution < -0.4 is 0 Å². The van der Waals surface area contributed by atoms with Crippen molar-refractivity contribution >= 4 is 83.7 Å². The zero-order chi connectivity index (χ0) is 39.1. The first-order chi connectivity index (χ1) is 29.7. The fourth-order valence-electron chi connectivity index (χ4n) is 9.33. The predicted molar refractivity (Wildman–Crippen MR) is 240 cm³/mol. The van der Waals surface area contributed by atoms with Crippen molar-refractivity contribution in [2.75, 3.05) is 0 Å². The molecule has 14 aromatic rings. The van der Waals surface area contributed by atoms with Gasteiger partial charge in [0.25, 0.3) is 0 Å². The first kappa shape index (κ1) is 31.6. The van der Waals surface area contributed by atoms with E-state index in [-0.39, 0.29) is 0 Å². The van der Waals surface area contributed by atoms with Gasteiger partial charge in [-0.05, 0) is 112 Å². The average Bonchev–Trinajstić information content (AvgIpc) is 4.14. The van der Waals surface area contributed by atoms with Crippen molar-refractivity contribution in [2.24, 2.45) is 0 Å². The number of fused-ring (bicyclic) bond motifs is 15. The van der Waals surface area contributed by atoms with Gasteiger partial charge in [-0.1, -0.05) is 97.1 Å². The molecule has 6 aromatic heterocycles. The van der Waals surface area contributed by atoms with Crippen LogP contribution in [-0.2, 0) is 0 Å². The SMILES string of the molecule is c1ccc2c(c1)nc1[nH]c3ccc(-c4ccc(-c5ccc(-c6ccc7c(c6)n6c8ccccc8nc6n7-c6ccc7nc8oc9ccccc9n8c7c6)cc5)cc4)cc3n12. The molecule has 14 rings (SSSR count). The lowest BCUT2D eigenvalue weighted by Gasteiger charge is -2.09. The number of para-hydroxylation sites is 6.